The van der Waals surface area contributed by atoms with Gasteiger partial charge in [0.25, 0.3) is 0 Å². The Bertz CT molecular complexity index is 330. The quantitative estimate of drug-likeness (QED) is 0.712. The number of aliphatic carboxylic acids is 1. The number of ether oxygens (including phenoxy) is 1. The normalized spacial score (nSPS) is 20.9. The van der Waals surface area contributed by atoms with Gasteiger partial charge in [0.1, 0.15) is 5.60 Å². The fourth-order valence-corrected chi connectivity index (χ4v) is 1.53. The second-order valence-electron chi connectivity index (χ2n) is 5.09. The lowest BCUT2D eigenvalue weighted by Gasteiger charge is -2.27. The molecule has 0 saturated heterocycles. The maximum absolute atomic E-state index is 11.8. The predicted molar refractivity (Wildman–Crippen MR) is 62.7 cm³/mol. The number of nitrogens with zero attached hydrogens (tertiary/aromatic N) is 1. The Morgan fingerprint density at radius 1 is 1.41 bits per heavy atom. The average molecular weight is 241 g/mol. The topological polar surface area (TPSA) is 66.8 Å². The molecule has 1 amide bonds. The molecule has 1 unspecified atom stereocenters. The number of hydrogen-bond donors (Lipinski definition) is 1. The molecule has 5 nitrogen and oxygen atoms in total. The lowest BCUT2D eigenvalue weighted by Crippen LogP contribution is -2.40. The van der Waals surface area contributed by atoms with Crippen LogP contribution >= 0.6 is 0 Å². The lowest BCUT2D eigenvalue weighted by atomic mass is 10.1. The van der Waals surface area contributed by atoms with E-state index in [1.54, 1.807) is 32.9 Å². The predicted octanol–water partition coefficient (Wildman–Crippen LogP) is 1.88. The number of carbonyl (C=O) groups is 2. The van der Waals surface area contributed by atoms with Crippen molar-refractivity contribution in [3.05, 3.63) is 12.2 Å². The van der Waals surface area contributed by atoms with E-state index in [9.17, 15) is 9.59 Å². The van der Waals surface area contributed by atoms with Crippen molar-refractivity contribution >= 4 is 12.1 Å². The van der Waals surface area contributed by atoms with Gasteiger partial charge in [0.15, 0.2) is 0 Å². The lowest BCUT2D eigenvalue weighted by molar-refractivity contribution is -0.140. The molecule has 96 valence electrons. The van der Waals surface area contributed by atoms with Gasteiger partial charge in [-0.25, -0.2) is 4.79 Å². The summed E-state index contributed by atoms with van der Waals surface area (Å²) in [4.78, 5) is 24.2. The van der Waals surface area contributed by atoms with Gasteiger partial charge in [0.05, 0.1) is 5.92 Å². The van der Waals surface area contributed by atoms with Crippen LogP contribution in [0.25, 0.3) is 0 Å². The first-order valence-corrected chi connectivity index (χ1v) is 5.67. The van der Waals surface area contributed by atoms with Gasteiger partial charge in [-0.2, -0.15) is 0 Å². The van der Waals surface area contributed by atoms with Crippen molar-refractivity contribution in [2.24, 2.45) is 5.92 Å². The minimum Gasteiger partial charge on any atom is -0.481 e. The molecule has 0 spiro atoms. The third-order valence-electron chi connectivity index (χ3n) is 2.32. The molecule has 0 radical (unpaired) electrons. The van der Waals surface area contributed by atoms with E-state index < -0.39 is 23.6 Å². The summed E-state index contributed by atoms with van der Waals surface area (Å²) in [5.74, 6) is -1.57. The van der Waals surface area contributed by atoms with Gasteiger partial charge in [-0.15, -0.1) is 0 Å². The Morgan fingerprint density at radius 3 is 2.59 bits per heavy atom. The van der Waals surface area contributed by atoms with E-state index in [-0.39, 0.29) is 6.54 Å². The number of carboxylic acids is 1. The zero-order valence-electron chi connectivity index (χ0n) is 10.5. The number of carboxylic acid groups (broad SMARTS) is 1. The summed E-state index contributed by atoms with van der Waals surface area (Å²) in [5, 5.41) is 8.97. The summed E-state index contributed by atoms with van der Waals surface area (Å²) in [7, 11) is 0. The van der Waals surface area contributed by atoms with Crippen molar-refractivity contribution in [1.29, 1.82) is 0 Å². The molecule has 1 atom stereocenters. The zero-order valence-corrected chi connectivity index (χ0v) is 10.5. The van der Waals surface area contributed by atoms with E-state index >= 15 is 0 Å². The highest BCUT2D eigenvalue weighted by molar-refractivity contribution is 5.74. The molecular weight excluding hydrogens is 222 g/mol. The highest BCUT2D eigenvalue weighted by Gasteiger charge is 2.27. The van der Waals surface area contributed by atoms with E-state index in [0.29, 0.717) is 13.0 Å². The maximum atomic E-state index is 11.8. The van der Waals surface area contributed by atoms with Crippen molar-refractivity contribution < 1.29 is 19.4 Å². The van der Waals surface area contributed by atoms with E-state index in [1.165, 1.54) is 4.90 Å². The fourth-order valence-electron chi connectivity index (χ4n) is 1.53. The molecule has 1 aliphatic heterocycles. The summed E-state index contributed by atoms with van der Waals surface area (Å²) >= 11 is 0. The van der Waals surface area contributed by atoms with E-state index in [4.69, 9.17) is 9.84 Å². The smallest absolute Gasteiger partial charge is 0.410 e. The second kappa shape index (κ2) is 5.21. The van der Waals surface area contributed by atoms with Crippen LogP contribution in [0.4, 0.5) is 4.79 Å². The summed E-state index contributed by atoms with van der Waals surface area (Å²) in [6.45, 7) is 6.02. The molecular formula is C12H19NO4. The first kappa shape index (κ1) is 13.5. The molecule has 0 aliphatic carbocycles. The maximum Gasteiger partial charge on any atom is 0.410 e. The monoisotopic (exact) mass is 241 g/mol. The van der Waals surface area contributed by atoms with Crippen LogP contribution in [0, 0.1) is 5.92 Å². The summed E-state index contributed by atoms with van der Waals surface area (Å²) in [5.41, 5.74) is -0.560. The summed E-state index contributed by atoms with van der Waals surface area (Å²) in [6, 6.07) is 0. The van der Waals surface area contributed by atoms with Crippen molar-refractivity contribution in [2.75, 3.05) is 13.1 Å². The van der Waals surface area contributed by atoms with E-state index in [1.807, 2.05) is 0 Å². The van der Waals surface area contributed by atoms with Gasteiger partial charge in [-0.3, -0.25) is 4.79 Å². The molecule has 0 saturated carbocycles. The Morgan fingerprint density at radius 2 is 2.06 bits per heavy atom. The Hall–Kier alpha value is -1.52. The van der Waals surface area contributed by atoms with Gasteiger partial charge >= 0.3 is 12.1 Å². The number of hydrogen-bond acceptors (Lipinski definition) is 3. The third-order valence-corrected chi connectivity index (χ3v) is 2.32. The summed E-state index contributed by atoms with van der Waals surface area (Å²) < 4.78 is 5.23. The minimum absolute atomic E-state index is 0.167. The molecule has 0 aromatic carbocycles. The molecule has 17 heavy (non-hydrogen) atoms. The molecule has 1 heterocycles. The third kappa shape index (κ3) is 4.46. The Labute approximate surface area is 101 Å². The Balaban J connectivity index is 2.65. The molecule has 5 heteroatoms. The van der Waals surface area contributed by atoms with Crippen LogP contribution in [-0.2, 0) is 9.53 Å². The largest absolute Gasteiger partial charge is 0.481 e. The van der Waals surface area contributed by atoms with Gasteiger partial charge in [-0.1, -0.05) is 12.2 Å². The van der Waals surface area contributed by atoms with Gasteiger partial charge in [0.2, 0.25) is 0 Å². The van der Waals surface area contributed by atoms with E-state index in [0.717, 1.165) is 0 Å². The Kier molecular flexibility index (Phi) is 4.15. The molecule has 0 bridgehead atoms. The van der Waals surface area contributed by atoms with Crippen LogP contribution in [-0.4, -0.2) is 40.8 Å². The van der Waals surface area contributed by atoms with Crippen molar-refractivity contribution in [2.45, 2.75) is 32.8 Å². The second-order valence-corrected chi connectivity index (χ2v) is 5.09. The minimum atomic E-state index is -0.920. The van der Waals surface area contributed by atoms with Crippen LogP contribution in [0.1, 0.15) is 27.2 Å². The first-order chi connectivity index (χ1) is 7.79. The van der Waals surface area contributed by atoms with Gasteiger partial charge in [-0.05, 0) is 27.2 Å². The van der Waals surface area contributed by atoms with Crippen molar-refractivity contribution in [3.8, 4) is 0 Å². The van der Waals surface area contributed by atoms with Crippen LogP contribution in [0.2, 0.25) is 0 Å². The SMILES string of the molecule is CC(C)(C)OC(=O)N1CCC=CC(C(=O)O)C1. The molecule has 1 N–H and O–H groups in total. The molecule has 0 fully saturated rings. The molecule has 1 aliphatic rings. The average Bonchev–Trinajstić information content (AvgIpc) is 2.39. The number of amides is 1. The van der Waals surface area contributed by atoms with Crippen LogP contribution in [0.3, 0.4) is 0 Å². The zero-order chi connectivity index (χ0) is 13.1. The molecule has 0 aromatic rings. The number of carbonyl (C=O) groups excluding carboxylic acids is 1. The van der Waals surface area contributed by atoms with Gasteiger partial charge < -0.3 is 14.7 Å². The van der Waals surface area contributed by atoms with Crippen LogP contribution < -0.4 is 0 Å². The van der Waals surface area contributed by atoms with E-state index in [2.05, 4.69) is 0 Å². The molecule has 0 aromatic heterocycles. The number of rotatable bonds is 1. The highest BCUT2D eigenvalue weighted by Crippen LogP contribution is 2.15. The standard InChI is InChI=1S/C12H19NO4/c1-12(2,3)17-11(16)13-7-5-4-6-9(8-13)10(14)15/h4,6,9H,5,7-8H2,1-3H3,(H,14,15). The van der Waals surface area contributed by atoms with Crippen molar-refractivity contribution in [3.63, 3.8) is 0 Å². The van der Waals surface area contributed by atoms with Crippen molar-refractivity contribution in [1.82, 2.24) is 4.90 Å². The highest BCUT2D eigenvalue weighted by atomic mass is 16.6. The summed E-state index contributed by atoms with van der Waals surface area (Å²) in [6.07, 6.45) is 3.63. The van der Waals surface area contributed by atoms with Gasteiger partial charge in [0, 0.05) is 13.1 Å². The fraction of sp³-hybridized carbons (Fsp3) is 0.667. The molecule has 1 rings (SSSR count). The van der Waals surface area contributed by atoms with Crippen LogP contribution in [0.15, 0.2) is 12.2 Å². The van der Waals surface area contributed by atoms with Crippen LogP contribution in [0.5, 0.6) is 0 Å². The first-order valence-electron chi connectivity index (χ1n) is 5.67.